The quantitative estimate of drug-likeness (QED) is 0.844. The van der Waals surface area contributed by atoms with Crippen molar-refractivity contribution in [3.05, 3.63) is 65.7 Å². The fourth-order valence-electron chi connectivity index (χ4n) is 2.60. The van der Waals surface area contributed by atoms with Crippen LogP contribution in [0.4, 0.5) is 0 Å². The van der Waals surface area contributed by atoms with Crippen LogP contribution >= 0.6 is 11.8 Å². The summed E-state index contributed by atoms with van der Waals surface area (Å²) >= 11 is 1.18. The molecular weight excluding hydrogens is 312 g/mol. The van der Waals surface area contributed by atoms with Gasteiger partial charge in [0.25, 0.3) is 0 Å². The van der Waals surface area contributed by atoms with Crippen LogP contribution in [0.5, 0.6) is 0 Å². The third kappa shape index (κ3) is 3.82. The van der Waals surface area contributed by atoms with Gasteiger partial charge in [0.1, 0.15) is 6.10 Å². The predicted molar refractivity (Wildman–Crippen MR) is 88.4 cm³/mol. The summed E-state index contributed by atoms with van der Waals surface area (Å²) in [5, 5.41) is 18.9. The third-order valence-corrected chi connectivity index (χ3v) is 4.80. The molecule has 0 aliphatic carbocycles. The summed E-state index contributed by atoms with van der Waals surface area (Å²) < 4.78 is 5.63. The highest BCUT2D eigenvalue weighted by atomic mass is 32.2. The molecule has 0 spiro atoms. The molecule has 1 fully saturated rings. The van der Waals surface area contributed by atoms with Crippen LogP contribution in [-0.4, -0.2) is 34.1 Å². The van der Waals surface area contributed by atoms with E-state index < -0.39 is 12.2 Å². The molecule has 0 bridgehead atoms. The maximum atomic E-state index is 12.2. The van der Waals surface area contributed by atoms with Crippen LogP contribution in [0.1, 0.15) is 28.4 Å². The lowest BCUT2D eigenvalue weighted by atomic mass is 10.1. The highest BCUT2D eigenvalue weighted by molar-refractivity contribution is 8.14. The van der Waals surface area contributed by atoms with Crippen molar-refractivity contribution in [3.63, 3.8) is 0 Å². The van der Waals surface area contributed by atoms with E-state index in [2.05, 4.69) is 0 Å². The zero-order chi connectivity index (χ0) is 16.2. The highest BCUT2D eigenvalue weighted by Crippen LogP contribution is 2.34. The van der Waals surface area contributed by atoms with Crippen LogP contribution in [-0.2, 0) is 4.74 Å². The van der Waals surface area contributed by atoms with E-state index in [1.54, 1.807) is 12.1 Å². The second-order valence-corrected chi connectivity index (χ2v) is 6.52. The van der Waals surface area contributed by atoms with Crippen molar-refractivity contribution < 1.29 is 19.7 Å². The van der Waals surface area contributed by atoms with Gasteiger partial charge in [-0.05, 0) is 29.5 Å². The lowest BCUT2D eigenvalue weighted by Crippen LogP contribution is -2.24. The number of benzene rings is 2. The summed E-state index contributed by atoms with van der Waals surface area (Å²) in [5.41, 5.74) is 1.62. The molecule has 0 aromatic heterocycles. The number of hydrogen-bond donors (Lipinski definition) is 2. The molecule has 0 unspecified atom stereocenters. The molecule has 0 radical (unpaired) electrons. The first-order valence-corrected chi connectivity index (χ1v) is 8.30. The van der Waals surface area contributed by atoms with E-state index in [0.29, 0.717) is 12.0 Å². The summed E-state index contributed by atoms with van der Waals surface area (Å²) in [5.74, 6) is 0. The van der Waals surface area contributed by atoms with Crippen LogP contribution in [0.3, 0.4) is 0 Å². The fourth-order valence-corrected chi connectivity index (χ4v) is 3.34. The molecule has 23 heavy (non-hydrogen) atoms. The van der Waals surface area contributed by atoms with Gasteiger partial charge >= 0.3 is 0 Å². The summed E-state index contributed by atoms with van der Waals surface area (Å²) in [7, 11) is 0. The Bertz CT molecular complexity index is 656. The Hall–Kier alpha value is -1.66. The van der Waals surface area contributed by atoms with Crippen molar-refractivity contribution in [1.29, 1.82) is 0 Å². The summed E-state index contributed by atoms with van der Waals surface area (Å²) in [6.45, 7) is -0.183. The molecule has 1 saturated heterocycles. The number of aliphatic hydroxyl groups excluding tert-OH is 2. The maximum Gasteiger partial charge on any atom is 0.224 e. The SMILES string of the molecule is O=C(Sc1ccc([C@H]2C[C@H](O)[C@@H](CO)O2)cc1)c1ccccc1. The van der Waals surface area contributed by atoms with Gasteiger partial charge in [0.2, 0.25) is 5.12 Å². The van der Waals surface area contributed by atoms with Gasteiger partial charge in [0.05, 0.1) is 18.8 Å². The average Bonchev–Trinajstić information content (AvgIpc) is 2.97. The van der Waals surface area contributed by atoms with Gasteiger partial charge in [-0.1, -0.05) is 42.5 Å². The summed E-state index contributed by atoms with van der Waals surface area (Å²) in [6.07, 6.45) is -0.904. The first-order valence-electron chi connectivity index (χ1n) is 7.49. The number of ether oxygens (including phenoxy) is 1. The van der Waals surface area contributed by atoms with Gasteiger partial charge in [0.15, 0.2) is 0 Å². The van der Waals surface area contributed by atoms with Crippen LogP contribution < -0.4 is 0 Å². The minimum absolute atomic E-state index is 0.00577. The van der Waals surface area contributed by atoms with E-state index in [9.17, 15) is 9.90 Å². The van der Waals surface area contributed by atoms with E-state index in [1.807, 2.05) is 42.5 Å². The molecule has 4 nitrogen and oxygen atoms in total. The van der Waals surface area contributed by atoms with Crippen molar-refractivity contribution in [2.45, 2.75) is 29.6 Å². The second kappa shape index (κ2) is 7.27. The molecule has 2 N–H and O–H groups in total. The fraction of sp³-hybridized carbons (Fsp3) is 0.278. The third-order valence-electron chi connectivity index (χ3n) is 3.88. The number of carbonyl (C=O) groups is 1. The van der Waals surface area contributed by atoms with Gasteiger partial charge in [0, 0.05) is 16.9 Å². The van der Waals surface area contributed by atoms with Crippen molar-refractivity contribution in [2.75, 3.05) is 6.61 Å². The second-order valence-electron chi connectivity index (χ2n) is 5.47. The number of rotatable bonds is 4. The first-order chi connectivity index (χ1) is 11.2. The molecule has 120 valence electrons. The molecule has 0 amide bonds. The zero-order valence-electron chi connectivity index (χ0n) is 12.5. The summed E-state index contributed by atoms with van der Waals surface area (Å²) in [6, 6.07) is 16.7. The smallest absolute Gasteiger partial charge is 0.224 e. The maximum absolute atomic E-state index is 12.2. The molecule has 3 atom stereocenters. The lowest BCUT2D eigenvalue weighted by Gasteiger charge is -2.12. The Balaban J connectivity index is 1.65. The summed E-state index contributed by atoms with van der Waals surface area (Å²) in [4.78, 5) is 13.0. The molecule has 2 aromatic rings. The van der Waals surface area contributed by atoms with Crippen molar-refractivity contribution in [3.8, 4) is 0 Å². The van der Waals surface area contributed by atoms with Gasteiger partial charge in [-0.25, -0.2) is 0 Å². The van der Waals surface area contributed by atoms with Gasteiger partial charge < -0.3 is 14.9 Å². The van der Waals surface area contributed by atoms with Crippen LogP contribution in [0.25, 0.3) is 0 Å². The Labute approximate surface area is 139 Å². The Morgan fingerprint density at radius 3 is 2.43 bits per heavy atom. The number of thioether (sulfide) groups is 1. The van der Waals surface area contributed by atoms with Crippen molar-refractivity contribution in [1.82, 2.24) is 0 Å². The molecule has 1 aliphatic rings. The van der Waals surface area contributed by atoms with Crippen molar-refractivity contribution >= 4 is 16.9 Å². The van der Waals surface area contributed by atoms with Crippen LogP contribution in [0.15, 0.2) is 59.5 Å². The van der Waals surface area contributed by atoms with Gasteiger partial charge in [-0.3, -0.25) is 4.79 Å². The number of hydrogen-bond acceptors (Lipinski definition) is 5. The van der Waals surface area contributed by atoms with E-state index in [-0.39, 0.29) is 17.8 Å². The monoisotopic (exact) mass is 330 g/mol. The molecule has 1 heterocycles. The molecular formula is C18H18O4S. The standard InChI is InChI=1S/C18H18O4S/c19-11-17-15(20)10-16(22-17)12-6-8-14(9-7-12)23-18(21)13-4-2-1-3-5-13/h1-9,15-17,19-20H,10-11H2/t15-,16+,17+/m0/s1. The van der Waals surface area contributed by atoms with E-state index >= 15 is 0 Å². The Kier molecular flexibility index (Phi) is 5.13. The average molecular weight is 330 g/mol. The van der Waals surface area contributed by atoms with Gasteiger partial charge in [-0.15, -0.1) is 0 Å². The van der Waals surface area contributed by atoms with Crippen LogP contribution in [0, 0.1) is 0 Å². The van der Waals surface area contributed by atoms with E-state index in [0.717, 1.165) is 10.5 Å². The number of aliphatic hydroxyl groups is 2. The molecule has 0 saturated carbocycles. The normalized spacial score (nSPS) is 23.8. The Morgan fingerprint density at radius 2 is 1.83 bits per heavy atom. The first kappa shape index (κ1) is 16.2. The van der Waals surface area contributed by atoms with Crippen LogP contribution in [0.2, 0.25) is 0 Å². The van der Waals surface area contributed by atoms with Crippen molar-refractivity contribution in [2.24, 2.45) is 0 Å². The minimum Gasteiger partial charge on any atom is -0.394 e. The van der Waals surface area contributed by atoms with E-state index in [1.165, 1.54) is 11.8 Å². The highest BCUT2D eigenvalue weighted by Gasteiger charge is 2.34. The van der Waals surface area contributed by atoms with Gasteiger partial charge in [-0.2, -0.15) is 0 Å². The predicted octanol–water partition coefficient (Wildman–Crippen LogP) is 2.80. The topological polar surface area (TPSA) is 66.8 Å². The zero-order valence-corrected chi connectivity index (χ0v) is 13.3. The molecule has 5 heteroatoms. The molecule has 2 aromatic carbocycles. The molecule has 3 rings (SSSR count). The van der Waals surface area contributed by atoms with E-state index in [4.69, 9.17) is 9.84 Å². The largest absolute Gasteiger partial charge is 0.394 e. The minimum atomic E-state index is -0.640. The number of carbonyl (C=O) groups excluding carboxylic acids is 1. The molecule has 1 aliphatic heterocycles. The lowest BCUT2D eigenvalue weighted by molar-refractivity contribution is -0.0225. The Morgan fingerprint density at radius 1 is 1.13 bits per heavy atom.